The molecule has 0 radical (unpaired) electrons. The molecule has 0 aliphatic heterocycles. The molecule has 0 aliphatic rings. The second-order valence-electron chi connectivity index (χ2n) is 4.20. The van der Waals surface area contributed by atoms with Gasteiger partial charge in [0.25, 0.3) is 0 Å². The van der Waals surface area contributed by atoms with Crippen LogP contribution < -0.4 is 5.73 Å². The monoisotopic (exact) mass is 239 g/mol. The molecule has 3 aromatic rings. The van der Waals surface area contributed by atoms with E-state index in [4.69, 9.17) is 10.8 Å². The van der Waals surface area contributed by atoms with Gasteiger partial charge in [-0.15, -0.1) is 0 Å². The third-order valence-electron chi connectivity index (χ3n) is 2.92. The lowest BCUT2D eigenvalue weighted by Crippen LogP contribution is -1.84. The molecule has 0 bridgehead atoms. The molecule has 0 fully saturated rings. The van der Waals surface area contributed by atoms with Crippen LogP contribution in [0.5, 0.6) is 0 Å². The molecule has 4 nitrogen and oxygen atoms in total. The Morgan fingerprint density at radius 3 is 2.50 bits per heavy atom. The van der Waals surface area contributed by atoms with E-state index in [2.05, 4.69) is 9.97 Å². The van der Waals surface area contributed by atoms with Gasteiger partial charge in [0.05, 0.1) is 11.0 Å². The van der Waals surface area contributed by atoms with Crippen molar-refractivity contribution in [3.63, 3.8) is 0 Å². The maximum atomic E-state index is 9.05. The van der Waals surface area contributed by atoms with Crippen molar-refractivity contribution in [3.8, 4) is 11.1 Å². The number of hydrogen-bond acceptors (Lipinski definition) is 3. The first kappa shape index (κ1) is 10.8. The highest BCUT2D eigenvalue weighted by atomic mass is 16.3. The van der Waals surface area contributed by atoms with Crippen LogP contribution in [0, 0.1) is 0 Å². The Bertz CT molecular complexity index is 686. The van der Waals surface area contributed by atoms with Gasteiger partial charge in [0.1, 0.15) is 12.4 Å². The highest BCUT2D eigenvalue weighted by Crippen LogP contribution is 2.24. The van der Waals surface area contributed by atoms with Crippen LogP contribution in [0.3, 0.4) is 0 Å². The van der Waals surface area contributed by atoms with E-state index < -0.39 is 0 Å². The van der Waals surface area contributed by atoms with Crippen molar-refractivity contribution in [2.75, 3.05) is 5.73 Å². The van der Waals surface area contributed by atoms with E-state index in [9.17, 15) is 0 Å². The number of imidazole rings is 1. The highest BCUT2D eigenvalue weighted by Gasteiger charge is 2.04. The zero-order chi connectivity index (χ0) is 12.5. The summed E-state index contributed by atoms with van der Waals surface area (Å²) in [6, 6.07) is 13.7. The van der Waals surface area contributed by atoms with Crippen molar-refractivity contribution in [2.45, 2.75) is 6.61 Å². The first-order valence-corrected chi connectivity index (χ1v) is 5.72. The van der Waals surface area contributed by atoms with Gasteiger partial charge in [-0.25, -0.2) is 4.98 Å². The van der Waals surface area contributed by atoms with Crippen LogP contribution in [-0.4, -0.2) is 15.1 Å². The third-order valence-corrected chi connectivity index (χ3v) is 2.92. The molecule has 4 heteroatoms. The summed E-state index contributed by atoms with van der Waals surface area (Å²) in [6.07, 6.45) is 0. The molecule has 2 aromatic carbocycles. The van der Waals surface area contributed by atoms with Crippen molar-refractivity contribution >= 4 is 16.7 Å². The number of rotatable bonds is 2. The van der Waals surface area contributed by atoms with Gasteiger partial charge in [0.15, 0.2) is 0 Å². The number of H-pyrrole nitrogens is 1. The Morgan fingerprint density at radius 1 is 1.06 bits per heavy atom. The van der Waals surface area contributed by atoms with E-state index in [1.165, 1.54) is 0 Å². The lowest BCUT2D eigenvalue weighted by atomic mass is 10.0. The fourth-order valence-corrected chi connectivity index (χ4v) is 1.99. The molecule has 18 heavy (non-hydrogen) atoms. The number of nitrogen functional groups attached to an aromatic ring is 1. The molecule has 4 N–H and O–H groups in total. The number of aromatic amines is 1. The quantitative estimate of drug-likeness (QED) is 0.601. The number of hydrogen-bond donors (Lipinski definition) is 3. The summed E-state index contributed by atoms with van der Waals surface area (Å²) in [6.45, 7) is -0.0775. The maximum Gasteiger partial charge on any atom is 0.133 e. The minimum Gasteiger partial charge on any atom is -0.399 e. The predicted octanol–water partition coefficient (Wildman–Crippen LogP) is 2.30. The summed E-state index contributed by atoms with van der Waals surface area (Å²) >= 11 is 0. The van der Waals surface area contributed by atoms with E-state index in [0.29, 0.717) is 5.82 Å². The minimum atomic E-state index is -0.0775. The zero-order valence-corrected chi connectivity index (χ0v) is 9.72. The number of nitrogens with two attached hydrogens (primary N) is 1. The molecule has 3 rings (SSSR count). The van der Waals surface area contributed by atoms with Crippen LogP contribution in [-0.2, 0) is 6.61 Å². The summed E-state index contributed by atoms with van der Waals surface area (Å²) in [4.78, 5) is 7.34. The Labute approximate surface area is 104 Å². The predicted molar refractivity (Wildman–Crippen MR) is 71.9 cm³/mol. The van der Waals surface area contributed by atoms with Gasteiger partial charge in [-0.2, -0.15) is 0 Å². The molecule has 0 spiro atoms. The summed E-state index contributed by atoms with van der Waals surface area (Å²) in [5.74, 6) is 0.583. The molecule has 1 heterocycles. The summed E-state index contributed by atoms with van der Waals surface area (Å²) in [5, 5.41) is 9.05. The second kappa shape index (κ2) is 4.16. The number of aliphatic hydroxyl groups excluding tert-OH is 1. The van der Waals surface area contributed by atoms with E-state index in [0.717, 1.165) is 27.8 Å². The van der Waals surface area contributed by atoms with Crippen molar-refractivity contribution < 1.29 is 5.11 Å². The fraction of sp³-hybridized carbons (Fsp3) is 0.0714. The van der Waals surface area contributed by atoms with E-state index >= 15 is 0 Å². The molecule has 0 aliphatic carbocycles. The zero-order valence-electron chi connectivity index (χ0n) is 9.72. The Morgan fingerprint density at radius 2 is 1.78 bits per heavy atom. The average molecular weight is 239 g/mol. The Balaban J connectivity index is 2.09. The molecule has 0 saturated heterocycles. The van der Waals surface area contributed by atoms with E-state index in [1.54, 1.807) is 0 Å². The van der Waals surface area contributed by atoms with Gasteiger partial charge < -0.3 is 15.8 Å². The lowest BCUT2D eigenvalue weighted by molar-refractivity contribution is 0.273. The summed E-state index contributed by atoms with van der Waals surface area (Å²) in [7, 11) is 0. The number of benzene rings is 2. The Hall–Kier alpha value is -2.33. The number of aromatic nitrogens is 2. The van der Waals surface area contributed by atoms with Gasteiger partial charge >= 0.3 is 0 Å². The summed E-state index contributed by atoms with van der Waals surface area (Å²) in [5.41, 5.74) is 10.4. The first-order valence-electron chi connectivity index (χ1n) is 5.72. The van der Waals surface area contributed by atoms with Crippen molar-refractivity contribution in [3.05, 3.63) is 48.3 Å². The van der Waals surface area contributed by atoms with Crippen molar-refractivity contribution in [2.24, 2.45) is 0 Å². The van der Waals surface area contributed by atoms with Crippen LogP contribution in [0.4, 0.5) is 5.69 Å². The molecule has 1 aromatic heterocycles. The highest BCUT2D eigenvalue weighted by molar-refractivity contribution is 5.82. The van der Waals surface area contributed by atoms with Crippen LogP contribution in [0.25, 0.3) is 22.2 Å². The van der Waals surface area contributed by atoms with Gasteiger partial charge in [-0.1, -0.05) is 18.2 Å². The number of nitrogens with zero attached hydrogens (tertiary/aromatic N) is 1. The normalized spacial score (nSPS) is 10.9. The topological polar surface area (TPSA) is 74.9 Å². The smallest absolute Gasteiger partial charge is 0.133 e. The number of nitrogens with one attached hydrogen (secondary N) is 1. The number of anilines is 1. The standard InChI is InChI=1S/C14H13N3O/c15-11-4-1-9(2-5-11)10-3-6-12-13(7-10)17-14(8-18)16-12/h1-7,18H,8,15H2,(H,16,17). The van der Waals surface area contributed by atoms with Crippen LogP contribution >= 0.6 is 0 Å². The van der Waals surface area contributed by atoms with Gasteiger partial charge in [-0.05, 0) is 35.4 Å². The van der Waals surface area contributed by atoms with Gasteiger partial charge in [0.2, 0.25) is 0 Å². The number of aliphatic hydroxyl groups is 1. The second-order valence-corrected chi connectivity index (χ2v) is 4.20. The molecule has 0 unspecified atom stereocenters. The summed E-state index contributed by atoms with van der Waals surface area (Å²) < 4.78 is 0. The molecule has 0 atom stereocenters. The van der Waals surface area contributed by atoms with Gasteiger partial charge in [-0.3, -0.25) is 0 Å². The van der Waals surface area contributed by atoms with Crippen LogP contribution in [0.2, 0.25) is 0 Å². The van der Waals surface area contributed by atoms with Crippen LogP contribution in [0.15, 0.2) is 42.5 Å². The Kier molecular flexibility index (Phi) is 2.50. The fourth-order valence-electron chi connectivity index (χ4n) is 1.99. The lowest BCUT2D eigenvalue weighted by Gasteiger charge is -2.02. The third kappa shape index (κ3) is 1.83. The van der Waals surface area contributed by atoms with Gasteiger partial charge in [0, 0.05) is 5.69 Å². The maximum absolute atomic E-state index is 9.05. The molecule has 0 saturated carbocycles. The number of fused-ring (bicyclic) bond motifs is 1. The van der Waals surface area contributed by atoms with Crippen molar-refractivity contribution in [1.82, 2.24) is 9.97 Å². The minimum absolute atomic E-state index is 0.0775. The van der Waals surface area contributed by atoms with E-state index in [1.807, 2.05) is 42.5 Å². The molecular weight excluding hydrogens is 226 g/mol. The largest absolute Gasteiger partial charge is 0.399 e. The average Bonchev–Trinajstić information content (AvgIpc) is 2.81. The van der Waals surface area contributed by atoms with Crippen LogP contribution in [0.1, 0.15) is 5.82 Å². The molecule has 90 valence electrons. The molecular formula is C14H13N3O. The SMILES string of the molecule is Nc1ccc(-c2ccc3nc(CO)[nH]c3c2)cc1. The van der Waals surface area contributed by atoms with Crippen molar-refractivity contribution in [1.29, 1.82) is 0 Å². The first-order chi connectivity index (χ1) is 8.76. The molecule has 0 amide bonds. The van der Waals surface area contributed by atoms with E-state index in [-0.39, 0.29) is 6.61 Å².